The molecule has 0 spiro atoms. The second kappa shape index (κ2) is 7.42. The Labute approximate surface area is 125 Å². The van der Waals surface area contributed by atoms with Gasteiger partial charge in [0.05, 0.1) is 4.90 Å². The normalized spacial score (nSPS) is 12.9. The standard InChI is InChI=1S/C14H22N2O4S/c1-4-5-6-13(14(17)18)15-21(19,20)12-9-7-11(8-10-12)16(2)3/h7-10,13,15H,4-6H2,1-3H3,(H,17,18). The van der Waals surface area contributed by atoms with Gasteiger partial charge in [-0.3, -0.25) is 4.79 Å². The van der Waals surface area contributed by atoms with Gasteiger partial charge in [-0.05, 0) is 30.7 Å². The minimum absolute atomic E-state index is 0.0656. The van der Waals surface area contributed by atoms with Crippen LogP contribution in [0.4, 0.5) is 5.69 Å². The second-order valence-corrected chi connectivity index (χ2v) is 6.76. The quantitative estimate of drug-likeness (QED) is 0.762. The lowest BCUT2D eigenvalue weighted by Gasteiger charge is -2.16. The highest BCUT2D eigenvalue weighted by atomic mass is 32.2. The average Bonchev–Trinajstić information content (AvgIpc) is 2.43. The number of hydrogen-bond donors (Lipinski definition) is 2. The van der Waals surface area contributed by atoms with E-state index < -0.39 is 22.0 Å². The summed E-state index contributed by atoms with van der Waals surface area (Å²) < 4.78 is 26.7. The van der Waals surface area contributed by atoms with E-state index in [1.54, 1.807) is 12.1 Å². The van der Waals surface area contributed by atoms with Crippen LogP contribution in [0.5, 0.6) is 0 Å². The molecule has 1 aromatic carbocycles. The van der Waals surface area contributed by atoms with E-state index in [0.717, 1.165) is 12.1 Å². The number of nitrogens with one attached hydrogen (secondary N) is 1. The number of nitrogens with zero attached hydrogens (tertiary/aromatic N) is 1. The number of carbonyl (C=O) groups is 1. The molecule has 0 aliphatic rings. The van der Waals surface area contributed by atoms with Gasteiger partial charge in [0.15, 0.2) is 0 Å². The maximum absolute atomic E-state index is 12.2. The zero-order chi connectivity index (χ0) is 16.0. The SMILES string of the molecule is CCCCC(NS(=O)(=O)c1ccc(N(C)C)cc1)C(=O)O. The van der Waals surface area contributed by atoms with Crippen molar-refractivity contribution in [1.29, 1.82) is 0 Å². The van der Waals surface area contributed by atoms with Gasteiger partial charge in [-0.25, -0.2) is 8.42 Å². The Kier molecular flexibility index (Phi) is 6.17. The molecule has 0 heterocycles. The van der Waals surface area contributed by atoms with E-state index in [4.69, 9.17) is 5.11 Å². The number of hydrogen-bond acceptors (Lipinski definition) is 4. The molecule has 0 aliphatic heterocycles. The fraction of sp³-hybridized carbons (Fsp3) is 0.500. The zero-order valence-corrected chi connectivity index (χ0v) is 13.4. The lowest BCUT2D eigenvalue weighted by Crippen LogP contribution is -2.40. The van der Waals surface area contributed by atoms with E-state index in [9.17, 15) is 13.2 Å². The van der Waals surface area contributed by atoms with E-state index in [1.807, 2.05) is 25.9 Å². The van der Waals surface area contributed by atoms with Crippen LogP contribution in [0.3, 0.4) is 0 Å². The second-order valence-electron chi connectivity index (χ2n) is 5.04. The summed E-state index contributed by atoms with van der Waals surface area (Å²) in [6, 6.07) is 5.20. The number of sulfonamides is 1. The van der Waals surface area contributed by atoms with Gasteiger partial charge in [-0.15, -0.1) is 0 Å². The predicted octanol–water partition coefficient (Wildman–Crippen LogP) is 1.67. The van der Waals surface area contributed by atoms with Crippen LogP contribution in [0.1, 0.15) is 26.2 Å². The molecule has 1 rings (SSSR count). The molecule has 7 heteroatoms. The Morgan fingerprint density at radius 1 is 1.29 bits per heavy atom. The first-order valence-electron chi connectivity index (χ1n) is 6.80. The van der Waals surface area contributed by atoms with Crippen LogP contribution >= 0.6 is 0 Å². The molecule has 0 aromatic heterocycles. The maximum Gasteiger partial charge on any atom is 0.321 e. The number of carboxylic acids is 1. The molecule has 0 amide bonds. The molecule has 0 saturated carbocycles. The molecule has 0 fully saturated rings. The lowest BCUT2D eigenvalue weighted by atomic mass is 10.1. The van der Waals surface area contributed by atoms with Crippen molar-refractivity contribution < 1.29 is 18.3 Å². The molecular weight excluding hydrogens is 292 g/mol. The van der Waals surface area contributed by atoms with Crippen LogP contribution in [-0.4, -0.2) is 39.6 Å². The molecule has 0 bridgehead atoms. The van der Waals surface area contributed by atoms with E-state index in [1.165, 1.54) is 12.1 Å². The van der Waals surface area contributed by atoms with Gasteiger partial charge in [0, 0.05) is 19.8 Å². The van der Waals surface area contributed by atoms with Crippen molar-refractivity contribution >= 4 is 21.7 Å². The molecule has 118 valence electrons. The van der Waals surface area contributed by atoms with Gasteiger partial charge < -0.3 is 10.0 Å². The van der Waals surface area contributed by atoms with Crippen LogP contribution in [0.15, 0.2) is 29.2 Å². The van der Waals surface area contributed by atoms with Gasteiger partial charge in [-0.2, -0.15) is 4.72 Å². The summed E-state index contributed by atoms with van der Waals surface area (Å²) in [6.07, 6.45) is 1.74. The van der Waals surface area contributed by atoms with Crippen molar-refractivity contribution in [2.24, 2.45) is 0 Å². The van der Waals surface area contributed by atoms with Crippen molar-refractivity contribution in [2.45, 2.75) is 37.1 Å². The smallest absolute Gasteiger partial charge is 0.321 e. The van der Waals surface area contributed by atoms with Gasteiger partial charge >= 0.3 is 5.97 Å². The maximum atomic E-state index is 12.2. The number of anilines is 1. The van der Waals surface area contributed by atoms with Crippen LogP contribution in [0, 0.1) is 0 Å². The summed E-state index contributed by atoms with van der Waals surface area (Å²) in [6.45, 7) is 1.92. The molecule has 2 N–H and O–H groups in total. The van der Waals surface area contributed by atoms with Crippen molar-refractivity contribution in [3.8, 4) is 0 Å². The summed E-state index contributed by atoms with van der Waals surface area (Å²) in [4.78, 5) is 13.0. The first-order valence-corrected chi connectivity index (χ1v) is 8.28. The Morgan fingerprint density at radius 3 is 2.29 bits per heavy atom. The Hall–Kier alpha value is -1.60. The number of rotatable bonds is 8. The third-order valence-corrected chi connectivity index (χ3v) is 4.59. The molecule has 0 aliphatic carbocycles. The Morgan fingerprint density at radius 2 is 1.86 bits per heavy atom. The number of benzene rings is 1. The van der Waals surface area contributed by atoms with Crippen molar-refractivity contribution in [2.75, 3.05) is 19.0 Å². The summed E-state index contributed by atoms with van der Waals surface area (Å²) in [7, 11) is -0.118. The summed E-state index contributed by atoms with van der Waals surface area (Å²) >= 11 is 0. The van der Waals surface area contributed by atoms with Gasteiger partial charge in [-0.1, -0.05) is 19.8 Å². The van der Waals surface area contributed by atoms with Crippen molar-refractivity contribution in [3.05, 3.63) is 24.3 Å². The topological polar surface area (TPSA) is 86.7 Å². The number of unbranched alkanes of at least 4 members (excludes halogenated alkanes) is 1. The van der Waals surface area contributed by atoms with Crippen LogP contribution in [0.2, 0.25) is 0 Å². The average molecular weight is 314 g/mol. The molecule has 1 aromatic rings. The molecule has 21 heavy (non-hydrogen) atoms. The summed E-state index contributed by atoms with van der Waals surface area (Å²) in [5, 5.41) is 9.09. The van der Waals surface area contributed by atoms with E-state index in [2.05, 4.69) is 4.72 Å². The molecule has 1 atom stereocenters. The van der Waals surface area contributed by atoms with Crippen LogP contribution < -0.4 is 9.62 Å². The van der Waals surface area contributed by atoms with Crippen LogP contribution in [-0.2, 0) is 14.8 Å². The van der Waals surface area contributed by atoms with Crippen molar-refractivity contribution in [3.63, 3.8) is 0 Å². The van der Waals surface area contributed by atoms with Crippen molar-refractivity contribution in [1.82, 2.24) is 4.72 Å². The zero-order valence-electron chi connectivity index (χ0n) is 12.5. The molecule has 0 radical (unpaired) electrons. The van der Waals surface area contributed by atoms with E-state index in [-0.39, 0.29) is 11.3 Å². The van der Waals surface area contributed by atoms with Gasteiger partial charge in [0.25, 0.3) is 0 Å². The minimum Gasteiger partial charge on any atom is -0.480 e. The molecular formula is C14H22N2O4S. The Balaban J connectivity index is 2.91. The first kappa shape index (κ1) is 17.5. The summed E-state index contributed by atoms with van der Waals surface area (Å²) in [5.74, 6) is -1.16. The van der Waals surface area contributed by atoms with Gasteiger partial charge in [0.1, 0.15) is 6.04 Å². The minimum atomic E-state index is -3.83. The highest BCUT2D eigenvalue weighted by Gasteiger charge is 2.24. The van der Waals surface area contributed by atoms with Crippen LogP contribution in [0.25, 0.3) is 0 Å². The number of carboxylic acid groups (broad SMARTS) is 1. The third-order valence-electron chi connectivity index (χ3n) is 3.11. The van der Waals surface area contributed by atoms with E-state index in [0.29, 0.717) is 6.42 Å². The highest BCUT2D eigenvalue weighted by Crippen LogP contribution is 2.16. The van der Waals surface area contributed by atoms with E-state index >= 15 is 0 Å². The highest BCUT2D eigenvalue weighted by molar-refractivity contribution is 7.89. The van der Waals surface area contributed by atoms with Gasteiger partial charge in [0.2, 0.25) is 10.0 Å². The molecule has 1 unspecified atom stereocenters. The monoisotopic (exact) mass is 314 g/mol. The lowest BCUT2D eigenvalue weighted by molar-refractivity contribution is -0.139. The third kappa shape index (κ3) is 5.02. The summed E-state index contributed by atoms with van der Waals surface area (Å²) in [5.41, 5.74) is 0.870. The fourth-order valence-electron chi connectivity index (χ4n) is 1.82. The Bertz CT molecular complexity index is 567. The first-order chi connectivity index (χ1) is 9.77. The fourth-order valence-corrected chi connectivity index (χ4v) is 3.04. The number of aliphatic carboxylic acids is 1. The molecule has 6 nitrogen and oxygen atoms in total. The largest absolute Gasteiger partial charge is 0.480 e. The predicted molar refractivity (Wildman–Crippen MR) is 82.0 cm³/mol. The molecule has 0 saturated heterocycles.